The van der Waals surface area contributed by atoms with Crippen LogP contribution in [0.1, 0.15) is 24.2 Å². The largest absolute Gasteiger partial charge is 0.439 e. The Kier molecular flexibility index (Phi) is 10.2. The summed E-state index contributed by atoms with van der Waals surface area (Å²) in [6.45, 7) is 5.16. The van der Waals surface area contributed by atoms with E-state index in [0.29, 0.717) is 30.3 Å². The first kappa shape index (κ1) is 24.7. The Morgan fingerprint density at radius 3 is 2.50 bits per heavy atom. The SMILES string of the molecule is CN(CC(C)(C)CN)C(=O)c1ccc(Oc2cccc(Br)c2)nc1.Cl.Cl. The third-order valence-corrected chi connectivity index (χ3v) is 4.06. The van der Waals surface area contributed by atoms with Crippen LogP contribution in [0.15, 0.2) is 47.1 Å². The van der Waals surface area contributed by atoms with Gasteiger partial charge >= 0.3 is 0 Å². The summed E-state index contributed by atoms with van der Waals surface area (Å²) in [5.74, 6) is 1.03. The van der Waals surface area contributed by atoms with Crippen LogP contribution in [0.4, 0.5) is 0 Å². The van der Waals surface area contributed by atoms with Crippen LogP contribution in [0.25, 0.3) is 0 Å². The summed E-state index contributed by atoms with van der Waals surface area (Å²) < 4.78 is 6.60. The van der Waals surface area contributed by atoms with E-state index in [0.717, 1.165) is 4.47 Å². The zero-order valence-corrected chi connectivity index (χ0v) is 18.2. The van der Waals surface area contributed by atoms with Gasteiger partial charge in [-0.05, 0) is 36.2 Å². The molecule has 0 saturated heterocycles. The molecule has 5 nitrogen and oxygen atoms in total. The molecule has 0 bridgehead atoms. The van der Waals surface area contributed by atoms with Crippen LogP contribution in [-0.2, 0) is 0 Å². The fourth-order valence-corrected chi connectivity index (χ4v) is 2.60. The van der Waals surface area contributed by atoms with E-state index in [1.165, 1.54) is 6.20 Å². The van der Waals surface area contributed by atoms with Crippen LogP contribution in [0, 0.1) is 5.41 Å². The molecular weight excluding hydrogens is 441 g/mol. The van der Waals surface area contributed by atoms with Gasteiger partial charge in [-0.3, -0.25) is 4.79 Å². The van der Waals surface area contributed by atoms with Gasteiger partial charge in [0.05, 0.1) is 5.56 Å². The van der Waals surface area contributed by atoms with Gasteiger partial charge in [0.15, 0.2) is 0 Å². The quantitative estimate of drug-likeness (QED) is 0.681. The Balaban J connectivity index is 0.00000312. The maximum absolute atomic E-state index is 12.5. The smallest absolute Gasteiger partial charge is 0.255 e. The van der Waals surface area contributed by atoms with Gasteiger partial charge < -0.3 is 15.4 Å². The second-order valence-corrected chi connectivity index (χ2v) is 7.39. The van der Waals surface area contributed by atoms with E-state index >= 15 is 0 Å². The summed E-state index contributed by atoms with van der Waals surface area (Å²) in [6.07, 6.45) is 1.53. The number of rotatable bonds is 6. The lowest BCUT2D eigenvalue weighted by Crippen LogP contribution is -2.39. The number of carbonyl (C=O) groups excluding carboxylic acids is 1. The zero-order chi connectivity index (χ0) is 17.7. The van der Waals surface area contributed by atoms with Crippen LogP contribution >= 0.6 is 40.7 Å². The molecule has 1 heterocycles. The number of pyridine rings is 1. The minimum Gasteiger partial charge on any atom is -0.439 e. The third kappa shape index (κ3) is 7.11. The number of hydrogen-bond donors (Lipinski definition) is 1. The fourth-order valence-electron chi connectivity index (χ4n) is 2.22. The van der Waals surface area contributed by atoms with Gasteiger partial charge in [-0.15, -0.1) is 24.8 Å². The highest BCUT2D eigenvalue weighted by atomic mass is 79.9. The van der Waals surface area contributed by atoms with E-state index in [1.807, 2.05) is 38.1 Å². The van der Waals surface area contributed by atoms with Crippen molar-refractivity contribution >= 4 is 46.7 Å². The lowest BCUT2D eigenvalue weighted by atomic mass is 9.93. The molecule has 0 unspecified atom stereocenters. The number of nitrogens with two attached hydrogens (primary N) is 1. The highest BCUT2D eigenvalue weighted by Gasteiger charge is 2.22. The second-order valence-electron chi connectivity index (χ2n) is 6.47. The van der Waals surface area contributed by atoms with Crippen LogP contribution in [0.5, 0.6) is 11.6 Å². The number of halogens is 3. The number of carbonyl (C=O) groups is 1. The van der Waals surface area contributed by atoms with Crippen LogP contribution in [0.2, 0.25) is 0 Å². The standard InChI is InChI=1S/C18H22BrN3O2.2ClH/c1-18(2,11-20)12-22(3)17(23)13-7-8-16(21-10-13)24-15-6-4-5-14(19)9-15;;/h4-10H,11-12,20H2,1-3H3;2*1H. The second kappa shape index (κ2) is 10.7. The molecule has 8 heteroatoms. The third-order valence-electron chi connectivity index (χ3n) is 3.57. The van der Waals surface area contributed by atoms with Crippen LogP contribution < -0.4 is 10.5 Å². The van der Waals surface area contributed by atoms with E-state index in [1.54, 1.807) is 24.1 Å². The van der Waals surface area contributed by atoms with Crippen LogP contribution in [0.3, 0.4) is 0 Å². The summed E-state index contributed by atoms with van der Waals surface area (Å²) in [6, 6.07) is 10.9. The highest BCUT2D eigenvalue weighted by molar-refractivity contribution is 9.10. The molecule has 144 valence electrons. The van der Waals surface area contributed by atoms with Gasteiger partial charge in [-0.25, -0.2) is 4.98 Å². The van der Waals surface area contributed by atoms with Crippen molar-refractivity contribution in [3.05, 3.63) is 52.6 Å². The minimum absolute atomic E-state index is 0. The first-order chi connectivity index (χ1) is 11.3. The molecule has 1 aromatic carbocycles. The average Bonchev–Trinajstić information content (AvgIpc) is 2.54. The van der Waals surface area contributed by atoms with Gasteiger partial charge in [-0.1, -0.05) is 35.8 Å². The Bertz CT molecular complexity index is 712. The Hall–Kier alpha value is -1.34. The highest BCUT2D eigenvalue weighted by Crippen LogP contribution is 2.23. The van der Waals surface area contributed by atoms with Crippen LogP contribution in [-0.4, -0.2) is 35.9 Å². The number of nitrogens with zero attached hydrogens (tertiary/aromatic N) is 2. The molecule has 2 rings (SSSR count). The first-order valence-corrected chi connectivity index (χ1v) is 8.45. The number of aromatic nitrogens is 1. The van der Waals surface area contributed by atoms with Gasteiger partial charge in [0, 0.05) is 30.3 Å². The molecule has 0 radical (unpaired) electrons. The molecule has 0 aliphatic carbocycles. The molecule has 2 aromatic rings. The molecule has 0 aliphatic rings. The summed E-state index contributed by atoms with van der Waals surface area (Å²) in [4.78, 5) is 18.3. The molecule has 0 fully saturated rings. The topological polar surface area (TPSA) is 68.5 Å². The van der Waals surface area contributed by atoms with E-state index in [2.05, 4.69) is 20.9 Å². The summed E-state index contributed by atoms with van der Waals surface area (Å²) in [7, 11) is 1.77. The zero-order valence-electron chi connectivity index (χ0n) is 14.9. The number of ether oxygens (including phenoxy) is 1. The molecule has 0 aliphatic heterocycles. The molecule has 1 aromatic heterocycles. The van der Waals surface area contributed by atoms with Crippen molar-refractivity contribution in [2.24, 2.45) is 11.1 Å². The minimum atomic E-state index is -0.123. The fraction of sp³-hybridized carbons (Fsp3) is 0.333. The van der Waals surface area contributed by atoms with Crippen molar-refractivity contribution in [3.63, 3.8) is 0 Å². The van der Waals surface area contributed by atoms with Crippen molar-refractivity contribution in [1.82, 2.24) is 9.88 Å². The Morgan fingerprint density at radius 1 is 1.27 bits per heavy atom. The summed E-state index contributed by atoms with van der Waals surface area (Å²) >= 11 is 3.39. The van der Waals surface area contributed by atoms with E-state index in [4.69, 9.17) is 10.5 Å². The summed E-state index contributed by atoms with van der Waals surface area (Å²) in [5.41, 5.74) is 6.12. The van der Waals surface area contributed by atoms with Crippen molar-refractivity contribution in [1.29, 1.82) is 0 Å². The molecule has 2 N–H and O–H groups in total. The Morgan fingerprint density at radius 2 is 1.96 bits per heavy atom. The number of amides is 1. The number of benzene rings is 1. The lowest BCUT2D eigenvalue weighted by molar-refractivity contribution is 0.0740. The van der Waals surface area contributed by atoms with Crippen molar-refractivity contribution in [2.75, 3.05) is 20.1 Å². The average molecular weight is 465 g/mol. The molecule has 0 spiro atoms. The monoisotopic (exact) mass is 463 g/mol. The van der Waals surface area contributed by atoms with Crippen molar-refractivity contribution < 1.29 is 9.53 Å². The molecular formula is C18H24BrCl2N3O2. The van der Waals surface area contributed by atoms with Gasteiger partial charge in [0.2, 0.25) is 5.88 Å². The lowest BCUT2D eigenvalue weighted by Gasteiger charge is -2.29. The molecule has 1 amide bonds. The summed E-state index contributed by atoms with van der Waals surface area (Å²) in [5, 5.41) is 0. The number of hydrogen-bond acceptors (Lipinski definition) is 4. The van der Waals surface area contributed by atoms with Gasteiger partial charge in [-0.2, -0.15) is 0 Å². The van der Waals surface area contributed by atoms with Gasteiger partial charge in [0.1, 0.15) is 5.75 Å². The predicted octanol–water partition coefficient (Wildman–Crippen LogP) is 4.54. The van der Waals surface area contributed by atoms with E-state index in [-0.39, 0.29) is 36.1 Å². The molecule has 26 heavy (non-hydrogen) atoms. The molecule has 0 atom stereocenters. The van der Waals surface area contributed by atoms with Crippen molar-refractivity contribution in [3.8, 4) is 11.6 Å². The Labute approximate surface area is 175 Å². The van der Waals surface area contributed by atoms with Crippen molar-refractivity contribution in [2.45, 2.75) is 13.8 Å². The normalized spacial score (nSPS) is 10.3. The maximum Gasteiger partial charge on any atom is 0.255 e. The van der Waals surface area contributed by atoms with E-state index < -0.39 is 0 Å². The maximum atomic E-state index is 12.5. The first-order valence-electron chi connectivity index (χ1n) is 7.66. The van der Waals surface area contributed by atoms with E-state index in [9.17, 15) is 4.79 Å². The molecule has 0 saturated carbocycles. The van der Waals surface area contributed by atoms with Gasteiger partial charge in [0.25, 0.3) is 5.91 Å². The predicted molar refractivity (Wildman–Crippen MR) is 113 cm³/mol.